The minimum Gasteiger partial charge on any atom is -0.360 e. The maximum atomic E-state index is 10.7. The molecule has 6 nitrogen and oxygen atoms in total. The van der Waals surface area contributed by atoms with Gasteiger partial charge < -0.3 is 11.5 Å². The molecule has 1 rings (SSSR count). The van der Waals surface area contributed by atoms with E-state index in [0.29, 0.717) is 4.73 Å². The molecule has 0 saturated carbocycles. The van der Waals surface area contributed by atoms with Crippen molar-refractivity contribution in [3.63, 3.8) is 0 Å². The summed E-state index contributed by atoms with van der Waals surface area (Å²) < 4.78 is 0.366. The Morgan fingerprint density at radius 2 is 1.54 bits per heavy atom. The molecule has 2 amide bonds. The molecular formula is C7H8N3O3+. The van der Waals surface area contributed by atoms with Crippen LogP contribution >= 0.6 is 0 Å². The minimum absolute atomic E-state index is 0.198. The zero-order valence-electron chi connectivity index (χ0n) is 6.60. The quantitative estimate of drug-likeness (QED) is 0.378. The summed E-state index contributed by atoms with van der Waals surface area (Å²) in [7, 11) is 0. The van der Waals surface area contributed by atoms with Gasteiger partial charge in [-0.05, 0) is 6.07 Å². The minimum atomic E-state index is -0.842. The van der Waals surface area contributed by atoms with Crippen LogP contribution in [0, 0.1) is 0 Å². The summed E-state index contributed by atoms with van der Waals surface area (Å²) in [5.41, 5.74) is 9.43. The molecule has 0 radical (unpaired) electrons. The van der Waals surface area contributed by atoms with E-state index < -0.39 is 11.8 Å². The molecule has 0 aliphatic carbocycles. The maximum Gasteiger partial charge on any atom is 0.322 e. The van der Waals surface area contributed by atoms with Gasteiger partial charge in [-0.2, -0.15) is 0 Å². The average molecular weight is 182 g/mol. The summed E-state index contributed by atoms with van der Waals surface area (Å²) in [5, 5.41) is 9.24. The molecule has 1 heterocycles. The lowest BCUT2D eigenvalue weighted by molar-refractivity contribution is -0.906. The molecule has 0 spiro atoms. The second-order valence-corrected chi connectivity index (χ2v) is 2.34. The third-order valence-electron chi connectivity index (χ3n) is 1.47. The van der Waals surface area contributed by atoms with Gasteiger partial charge in [0, 0.05) is 16.9 Å². The number of aromatic nitrogens is 1. The van der Waals surface area contributed by atoms with Crippen LogP contribution in [-0.4, -0.2) is 17.0 Å². The first-order valence-corrected chi connectivity index (χ1v) is 3.38. The van der Waals surface area contributed by atoms with Crippen molar-refractivity contribution >= 4 is 11.8 Å². The predicted octanol–water partition coefficient (Wildman–Crippen LogP) is -1.59. The molecule has 0 bridgehead atoms. The van der Waals surface area contributed by atoms with Crippen LogP contribution in [0.2, 0.25) is 0 Å². The molecule has 0 saturated heterocycles. The lowest BCUT2D eigenvalue weighted by Crippen LogP contribution is -2.46. The van der Waals surface area contributed by atoms with Crippen LogP contribution in [0.15, 0.2) is 18.2 Å². The normalized spacial score (nSPS) is 9.54. The Morgan fingerprint density at radius 1 is 1.15 bits per heavy atom. The number of hydrogen-bond acceptors (Lipinski definition) is 3. The molecular weight excluding hydrogens is 174 g/mol. The Bertz CT molecular complexity index is 343. The van der Waals surface area contributed by atoms with Crippen LogP contribution in [0.5, 0.6) is 0 Å². The second kappa shape index (κ2) is 3.10. The Morgan fingerprint density at radius 3 is 1.85 bits per heavy atom. The molecule has 1 aromatic heterocycles. The first-order valence-electron chi connectivity index (χ1n) is 3.38. The van der Waals surface area contributed by atoms with E-state index in [2.05, 4.69) is 0 Å². The first kappa shape index (κ1) is 8.98. The average Bonchev–Trinajstić information content (AvgIpc) is 2.03. The topological polar surface area (TPSA) is 110 Å². The number of primary amides is 2. The van der Waals surface area contributed by atoms with E-state index in [1.54, 1.807) is 0 Å². The lowest BCUT2D eigenvalue weighted by Gasteiger charge is -1.94. The van der Waals surface area contributed by atoms with Crippen molar-refractivity contribution in [2.24, 2.45) is 11.5 Å². The van der Waals surface area contributed by atoms with Gasteiger partial charge in [0.1, 0.15) is 0 Å². The predicted molar refractivity (Wildman–Crippen MR) is 40.9 cm³/mol. The fourth-order valence-electron chi connectivity index (χ4n) is 0.874. The highest BCUT2D eigenvalue weighted by Gasteiger charge is 2.24. The van der Waals surface area contributed by atoms with E-state index in [0.717, 1.165) is 0 Å². The number of carbonyl (C=O) groups is 2. The maximum absolute atomic E-state index is 10.7. The molecule has 0 aromatic carbocycles. The highest BCUT2D eigenvalue weighted by molar-refractivity contribution is 5.92. The highest BCUT2D eigenvalue weighted by atomic mass is 16.5. The van der Waals surface area contributed by atoms with Crippen molar-refractivity contribution in [2.75, 3.05) is 0 Å². The van der Waals surface area contributed by atoms with Gasteiger partial charge >= 0.3 is 23.2 Å². The lowest BCUT2D eigenvalue weighted by atomic mass is 10.3. The van der Waals surface area contributed by atoms with Crippen LogP contribution in [-0.2, 0) is 0 Å². The van der Waals surface area contributed by atoms with Crippen molar-refractivity contribution in [2.45, 2.75) is 0 Å². The van der Waals surface area contributed by atoms with Gasteiger partial charge in [-0.1, -0.05) is 0 Å². The van der Waals surface area contributed by atoms with E-state index >= 15 is 0 Å². The Balaban J connectivity index is 3.35. The van der Waals surface area contributed by atoms with Crippen molar-refractivity contribution < 1.29 is 19.5 Å². The van der Waals surface area contributed by atoms with E-state index in [1.807, 2.05) is 0 Å². The Kier molecular flexibility index (Phi) is 2.14. The Hall–Kier alpha value is -2.11. The van der Waals surface area contributed by atoms with Gasteiger partial charge in [0.05, 0.1) is 0 Å². The molecule has 0 aliphatic rings. The summed E-state index contributed by atoms with van der Waals surface area (Å²) in [4.78, 5) is 21.4. The summed E-state index contributed by atoms with van der Waals surface area (Å²) in [6, 6.07) is 3.94. The summed E-state index contributed by atoms with van der Waals surface area (Å²) in [6.45, 7) is 0. The second-order valence-electron chi connectivity index (χ2n) is 2.34. The number of nitrogens with two attached hydrogens (primary N) is 2. The van der Waals surface area contributed by atoms with E-state index in [9.17, 15) is 14.8 Å². The number of pyridine rings is 1. The largest absolute Gasteiger partial charge is 0.360 e. The molecule has 0 unspecified atom stereocenters. The number of amides is 2. The molecule has 68 valence electrons. The summed E-state index contributed by atoms with van der Waals surface area (Å²) >= 11 is 0. The number of hydrogen-bond donors (Lipinski definition) is 3. The van der Waals surface area contributed by atoms with Crippen molar-refractivity contribution in [1.82, 2.24) is 0 Å². The number of nitrogens with zero attached hydrogens (tertiary/aromatic N) is 1. The van der Waals surface area contributed by atoms with Crippen LogP contribution in [0.4, 0.5) is 0 Å². The molecule has 5 N–H and O–H groups in total. The van der Waals surface area contributed by atoms with E-state index in [4.69, 9.17) is 11.5 Å². The molecule has 0 atom stereocenters. The molecule has 1 aromatic rings. The van der Waals surface area contributed by atoms with Gasteiger partial charge in [-0.25, -0.2) is 0 Å². The molecule has 6 heteroatoms. The standard InChI is InChI=1S/C7H7N3O3/c8-6(11)4-2-1-3-5(7(9)12)10(4)13/h1-3H,(H4-,8,9,11,12,13)/p+1. The summed E-state index contributed by atoms with van der Waals surface area (Å²) in [6.07, 6.45) is 0. The SMILES string of the molecule is NC(=O)c1cccc(C(N)=O)[n+]1O. The van der Waals surface area contributed by atoms with Crippen molar-refractivity contribution in [3.8, 4) is 0 Å². The van der Waals surface area contributed by atoms with Gasteiger partial charge in [0.2, 0.25) is 0 Å². The molecule has 0 aliphatic heterocycles. The smallest absolute Gasteiger partial charge is 0.322 e. The number of carbonyl (C=O) groups excluding carboxylic acids is 2. The Labute approximate surface area is 73.3 Å². The van der Waals surface area contributed by atoms with Gasteiger partial charge in [0.25, 0.3) is 0 Å². The monoisotopic (exact) mass is 182 g/mol. The van der Waals surface area contributed by atoms with Crippen molar-refractivity contribution in [1.29, 1.82) is 0 Å². The van der Waals surface area contributed by atoms with Gasteiger partial charge in [-0.15, -0.1) is 0 Å². The molecule has 0 fully saturated rings. The van der Waals surface area contributed by atoms with Crippen LogP contribution in [0.25, 0.3) is 0 Å². The zero-order chi connectivity index (χ0) is 10.0. The highest BCUT2D eigenvalue weighted by Crippen LogP contribution is 1.94. The van der Waals surface area contributed by atoms with Gasteiger partial charge in [0.15, 0.2) is 0 Å². The number of rotatable bonds is 2. The fourth-order valence-corrected chi connectivity index (χ4v) is 0.874. The zero-order valence-corrected chi connectivity index (χ0v) is 6.60. The van der Waals surface area contributed by atoms with Crippen molar-refractivity contribution in [3.05, 3.63) is 29.6 Å². The van der Waals surface area contributed by atoms with Crippen LogP contribution in [0.1, 0.15) is 21.0 Å². The van der Waals surface area contributed by atoms with E-state index in [1.165, 1.54) is 18.2 Å². The first-order chi connectivity index (χ1) is 6.04. The van der Waals surface area contributed by atoms with Crippen LogP contribution in [0.3, 0.4) is 0 Å². The fraction of sp³-hybridized carbons (Fsp3) is 0. The van der Waals surface area contributed by atoms with E-state index in [-0.39, 0.29) is 11.4 Å². The molecule has 13 heavy (non-hydrogen) atoms. The third-order valence-corrected chi connectivity index (χ3v) is 1.47. The summed E-state index contributed by atoms with van der Waals surface area (Å²) in [5.74, 6) is -1.68. The van der Waals surface area contributed by atoms with Crippen LogP contribution < -0.4 is 16.2 Å². The van der Waals surface area contributed by atoms with Gasteiger partial charge in [-0.3, -0.25) is 14.8 Å². The third kappa shape index (κ3) is 1.56.